The van der Waals surface area contributed by atoms with E-state index in [1.807, 2.05) is 211 Å². The van der Waals surface area contributed by atoms with Crippen LogP contribution in [-0.4, -0.2) is 0 Å². The van der Waals surface area contributed by atoms with E-state index in [1.165, 1.54) is 78.9 Å². The molecule has 0 spiro atoms. The normalized spacial score (nSPS) is 10.2. The fourth-order valence-corrected chi connectivity index (χ4v) is 14.1. The van der Waals surface area contributed by atoms with Crippen molar-refractivity contribution in [3.05, 3.63) is 344 Å². The van der Waals surface area contributed by atoms with Gasteiger partial charge in [-0.05, 0) is 217 Å². The molecular formula is C93H67N7O3S2. The number of fused-ring (bicyclic) bond motifs is 15. The molecule has 0 atom stereocenters. The fraction of sp³-hybridized carbons (Fsp3) is 0.0860. The Balaban J connectivity index is 0.000000121. The molecule has 18 rings (SSSR count). The molecule has 0 saturated carbocycles. The molecule has 0 saturated heterocycles. The summed E-state index contributed by atoms with van der Waals surface area (Å²) < 4.78 is 22.4. The van der Waals surface area contributed by atoms with Gasteiger partial charge in [-0.1, -0.05) is 144 Å². The van der Waals surface area contributed by atoms with Crippen molar-refractivity contribution in [1.29, 1.82) is 36.8 Å². The average Bonchev–Trinajstić information content (AvgIpc) is 1.69. The van der Waals surface area contributed by atoms with Crippen molar-refractivity contribution in [2.45, 2.75) is 55.4 Å². The number of furan rings is 3. The van der Waals surface area contributed by atoms with Gasteiger partial charge in [-0.2, -0.15) is 36.8 Å². The number of rotatable bonds is 0. The van der Waals surface area contributed by atoms with Crippen molar-refractivity contribution in [2.24, 2.45) is 0 Å². The van der Waals surface area contributed by atoms with Crippen LogP contribution >= 0.6 is 22.7 Å². The van der Waals surface area contributed by atoms with Gasteiger partial charge in [0.2, 0.25) is 0 Å². The molecule has 0 radical (unpaired) electrons. The van der Waals surface area contributed by atoms with Crippen LogP contribution in [0.3, 0.4) is 0 Å². The minimum atomic E-state index is 0.664. The van der Waals surface area contributed by atoms with Gasteiger partial charge in [0.25, 0.3) is 0 Å². The molecule has 5 heterocycles. The van der Waals surface area contributed by atoms with Crippen LogP contribution in [0.2, 0.25) is 0 Å². The Morgan fingerprint density at radius 2 is 0.590 bits per heavy atom. The third kappa shape index (κ3) is 17.1. The number of thiophene rings is 2. The number of hydrogen-bond acceptors (Lipinski definition) is 12. The molecule has 5 aromatic heterocycles. The molecule has 0 bridgehead atoms. The Labute approximate surface area is 617 Å². The lowest BCUT2D eigenvalue weighted by Crippen LogP contribution is -1.77. The van der Waals surface area contributed by atoms with Crippen molar-refractivity contribution >= 4 is 129 Å². The van der Waals surface area contributed by atoms with E-state index in [1.54, 1.807) is 40.9 Å². The summed E-state index contributed by atoms with van der Waals surface area (Å²) in [7, 11) is 0. The fourth-order valence-electron chi connectivity index (χ4n) is 11.9. The van der Waals surface area contributed by atoms with Crippen LogP contribution in [0, 0.1) is 135 Å². The van der Waals surface area contributed by atoms with Crippen molar-refractivity contribution in [3.63, 3.8) is 0 Å². The number of hydrogen-bond donors (Lipinski definition) is 0. The third-order valence-electron chi connectivity index (χ3n) is 17.3. The first-order chi connectivity index (χ1) is 51.0. The van der Waals surface area contributed by atoms with Crippen LogP contribution in [0.5, 0.6) is 0 Å². The highest BCUT2D eigenvalue weighted by atomic mass is 32.1. The Kier molecular flexibility index (Phi) is 23.1. The minimum absolute atomic E-state index is 0.664. The molecule has 105 heavy (non-hydrogen) atoms. The molecule has 12 heteroatoms. The topological polar surface area (TPSA) is 206 Å². The molecule has 0 aliphatic rings. The highest BCUT2D eigenvalue weighted by Gasteiger charge is 2.12. The standard InChI is InChI=1S/2C14H9NO.2C14H9NS.C13H10O.3C8H7N/c1-9-2-4-13-11(6-9)12-7-10(8-15)3-5-14(12)16-13;1-9-3-2-4-11-12-7-10(8-15)5-6-13(12)16-14(9)11;1-9-2-4-13-11(6-9)12-7-10(8-15)3-5-14(12)16-13;1-9-3-2-4-11-12-7-10(8-15)5-6-13(12)16-14(9)11;1-9-5-4-7-11-10-6-2-3-8-12(10)14-13(9)11;1-7-2-4-8(6-9)5-3-7;1-7-3-2-4-8(5-7)6-9;1-7-4-2-3-5-8(7)6-9/h4*2-7H,1H3;2-8H,1H3;3*2-5H,1H3. The zero-order chi connectivity index (χ0) is 74.1. The van der Waals surface area contributed by atoms with Gasteiger partial charge in [-0.3, -0.25) is 0 Å². The third-order valence-corrected chi connectivity index (χ3v) is 19.8. The molecule has 0 N–H and O–H groups in total. The van der Waals surface area contributed by atoms with Crippen LogP contribution in [-0.2, 0) is 0 Å². The zero-order valence-electron chi connectivity index (χ0n) is 59.0. The first-order valence-electron chi connectivity index (χ1n) is 33.6. The summed E-state index contributed by atoms with van der Waals surface area (Å²) in [6, 6.07) is 99.6. The summed E-state index contributed by atoms with van der Waals surface area (Å²) in [5, 5.41) is 72.4. The number of para-hydroxylation sites is 3. The van der Waals surface area contributed by atoms with Crippen LogP contribution in [0.4, 0.5) is 0 Å². The number of benzene rings is 13. The van der Waals surface area contributed by atoms with E-state index in [2.05, 4.69) is 130 Å². The second-order valence-electron chi connectivity index (χ2n) is 25.0. The lowest BCUT2D eigenvalue weighted by Gasteiger charge is -1.94. The number of nitrogens with zero attached hydrogens (tertiary/aromatic N) is 7. The first kappa shape index (κ1) is 72.4. The van der Waals surface area contributed by atoms with E-state index >= 15 is 0 Å². The number of nitriles is 7. The van der Waals surface area contributed by atoms with Crippen molar-refractivity contribution in [2.75, 3.05) is 0 Å². The number of aryl methyl sites for hydroxylation is 8. The average molecular weight is 1390 g/mol. The van der Waals surface area contributed by atoms with Crippen LogP contribution in [0.25, 0.3) is 106 Å². The van der Waals surface area contributed by atoms with Gasteiger partial charge < -0.3 is 13.3 Å². The molecule has 0 fully saturated rings. The van der Waals surface area contributed by atoms with Gasteiger partial charge in [0, 0.05) is 72.7 Å². The summed E-state index contributed by atoms with van der Waals surface area (Å²) >= 11 is 3.58. The van der Waals surface area contributed by atoms with E-state index < -0.39 is 0 Å². The van der Waals surface area contributed by atoms with E-state index in [9.17, 15) is 0 Å². The van der Waals surface area contributed by atoms with Crippen molar-refractivity contribution in [1.82, 2.24) is 0 Å². The molecule has 0 amide bonds. The molecule has 0 unspecified atom stereocenters. The maximum Gasteiger partial charge on any atom is 0.138 e. The summed E-state index contributed by atoms with van der Waals surface area (Å²) in [6.07, 6.45) is 0. The Morgan fingerprint density at radius 1 is 0.229 bits per heavy atom. The second-order valence-corrected chi connectivity index (χ2v) is 27.2. The van der Waals surface area contributed by atoms with Crippen LogP contribution < -0.4 is 0 Å². The van der Waals surface area contributed by atoms with Gasteiger partial charge >= 0.3 is 0 Å². The molecule has 0 aliphatic carbocycles. The van der Waals surface area contributed by atoms with E-state index in [0.717, 1.165) is 99.6 Å². The van der Waals surface area contributed by atoms with E-state index in [-0.39, 0.29) is 0 Å². The first-order valence-corrected chi connectivity index (χ1v) is 35.2. The summed E-state index contributed by atoms with van der Waals surface area (Å²) in [5.74, 6) is 0. The highest BCUT2D eigenvalue weighted by Crippen LogP contribution is 2.38. The molecule has 10 nitrogen and oxygen atoms in total. The quantitative estimate of drug-likeness (QED) is 0.140. The predicted octanol–water partition coefficient (Wildman–Crippen LogP) is 25.5. The Hall–Kier alpha value is -13.9. The SMILES string of the molecule is Cc1ccc(C#N)cc1.Cc1ccc2oc3ccc(C#N)cc3c2c1.Cc1ccc2sc3ccc(C#N)cc3c2c1.Cc1cccc(C#N)c1.Cc1cccc2c1oc1ccc(C#N)cc12.Cc1cccc2c1oc1ccccc12.Cc1cccc2c1sc1ccc(C#N)cc12.Cc1ccccc1C#N. The highest BCUT2D eigenvalue weighted by molar-refractivity contribution is 7.26. The van der Waals surface area contributed by atoms with Crippen LogP contribution in [0.1, 0.15) is 83.5 Å². The molecular weight excluding hydrogens is 1330 g/mol. The van der Waals surface area contributed by atoms with Crippen LogP contribution in [0.15, 0.2) is 274 Å². The zero-order valence-corrected chi connectivity index (χ0v) is 60.6. The summed E-state index contributed by atoms with van der Waals surface area (Å²) in [4.78, 5) is 0. The largest absolute Gasteiger partial charge is 0.456 e. The molecule has 18 aromatic rings. The van der Waals surface area contributed by atoms with Gasteiger partial charge in [-0.25, -0.2) is 0 Å². The summed E-state index contributed by atoms with van der Waals surface area (Å²) in [6.45, 7) is 16.3. The summed E-state index contributed by atoms with van der Waals surface area (Å²) in [5.41, 5.74) is 19.9. The van der Waals surface area contributed by atoms with Gasteiger partial charge in [0.1, 0.15) is 33.5 Å². The second kappa shape index (κ2) is 33.5. The maximum absolute atomic E-state index is 8.91. The molecule has 13 aromatic carbocycles. The predicted molar refractivity (Wildman–Crippen MR) is 430 cm³/mol. The smallest absolute Gasteiger partial charge is 0.138 e. The van der Waals surface area contributed by atoms with Crippen molar-refractivity contribution < 1.29 is 13.3 Å². The lowest BCUT2D eigenvalue weighted by molar-refractivity contribution is 0.665. The van der Waals surface area contributed by atoms with E-state index in [4.69, 9.17) is 50.1 Å². The Morgan fingerprint density at radius 3 is 1.14 bits per heavy atom. The Bertz CT molecular complexity index is 6260. The minimum Gasteiger partial charge on any atom is -0.456 e. The monoisotopic (exact) mass is 1390 g/mol. The van der Waals surface area contributed by atoms with Crippen molar-refractivity contribution in [3.8, 4) is 42.5 Å². The van der Waals surface area contributed by atoms with Gasteiger partial charge in [0.05, 0.1) is 81.4 Å². The van der Waals surface area contributed by atoms with Gasteiger partial charge in [0.15, 0.2) is 0 Å². The lowest BCUT2D eigenvalue weighted by atomic mass is 10.1. The maximum atomic E-state index is 8.91. The molecule has 0 aliphatic heterocycles. The van der Waals surface area contributed by atoms with E-state index in [0.29, 0.717) is 11.1 Å². The molecule has 504 valence electrons. The van der Waals surface area contributed by atoms with Gasteiger partial charge in [-0.15, -0.1) is 22.7 Å².